The van der Waals surface area contributed by atoms with E-state index in [1.165, 1.54) is 29.3 Å². The number of para-hydroxylation sites is 1. The number of ether oxygens (including phenoxy) is 1. The molecular formula is C23H22N2O2. The molecule has 1 aromatic heterocycles. The lowest BCUT2D eigenvalue weighted by Gasteiger charge is -2.41. The number of fused-ring (bicyclic) bond motifs is 5. The molecule has 4 nitrogen and oxygen atoms in total. The molecule has 0 radical (unpaired) electrons. The summed E-state index contributed by atoms with van der Waals surface area (Å²) in [5.41, 5.74) is 5.83. The number of carbonyl (C=O) groups is 1. The summed E-state index contributed by atoms with van der Waals surface area (Å²) in [5, 5.41) is 1.33. The Hall–Kier alpha value is -3.01. The van der Waals surface area contributed by atoms with Crippen molar-refractivity contribution in [1.82, 2.24) is 9.88 Å². The zero-order valence-corrected chi connectivity index (χ0v) is 15.3. The number of aromatic nitrogens is 1. The molecule has 5 rings (SSSR count). The van der Waals surface area contributed by atoms with Crippen LogP contribution in [0.3, 0.4) is 0 Å². The maximum absolute atomic E-state index is 12.5. The Morgan fingerprint density at radius 2 is 1.89 bits per heavy atom. The van der Waals surface area contributed by atoms with Gasteiger partial charge >= 0.3 is 5.97 Å². The van der Waals surface area contributed by atoms with E-state index in [-0.39, 0.29) is 17.9 Å². The van der Waals surface area contributed by atoms with Crippen LogP contribution in [-0.4, -0.2) is 29.5 Å². The molecule has 3 heterocycles. The fraction of sp³-hybridized carbons (Fsp3) is 0.261. The summed E-state index contributed by atoms with van der Waals surface area (Å²) in [6.45, 7) is 0.918. The highest BCUT2D eigenvalue weighted by atomic mass is 16.5. The first kappa shape index (κ1) is 16.2. The van der Waals surface area contributed by atoms with Crippen molar-refractivity contribution in [3.63, 3.8) is 0 Å². The molecule has 2 atom stereocenters. The molecule has 2 aliphatic rings. The fourth-order valence-electron chi connectivity index (χ4n) is 4.68. The van der Waals surface area contributed by atoms with Gasteiger partial charge in [-0.1, -0.05) is 48.5 Å². The van der Waals surface area contributed by atoms with Gasteiger partial charge in [-0.05, 0) is 30.0 Å². The molecule has 3 aromatic rings. The van der Waals surface area contributed by atoms with Crippen LogP contribution in [0.1, 0.15) is 35.2 Å². The number of hydrogen-bond donors (Lipinski definition) is 1. The molecule has 0 saturated carbocycles. The SMILES string of the molecule is COC(=O)C1=CN2CCc3c([nH]c4ccccc34)[C@H]2C[C@@H]1c1ccccc1. The minimum Gasteiger partial charge on any atom is -0.466 e. The maximum atomic E-state index is 12.5. The van der Waals surface area contributed by atoms with Crippen LogP contribution in [0.2, 0.25) is 0 Å². The third kappa shape index (κ3) is 2.55. The van der Waals surface area contributed by atoms with Crippen molar-refractivity contribution in [2.24, 2.45) is 0 Å². The van der Waals surface area contributed by atoms with Gasteiger partial charge in [-0.2, -0.15) is 0 Å². The zero-order valence-electron chi connectivity index (χ0n) is 15.3. The Kier molecular flexibility index (Phi) is 3.78. The van der Waals surface area contributed by atoms with Crippen LogP contribution in [0.25, 0.3) is 10.9 Å². The topological polar surface area (TPSA) is 45.3 Å². The monoisotopic (exact) mass is 358 g/mol. The number of methoxy groups -OCH3 is 1. The molecule has 2 aliphatic heterocycles. The van der Waals surface area contributed by atoms with E-state index in [0.717, 1.165) is 30.5 Å². The lowest BCUT2D eigenvalue weighted by Crippen LogP contribution is -2.37. The summed E-state index contributed by atoms with van der Waals surface area (Å²) in [5.74, 6) is -0.193. The molecule has 136 valence electrons. The van der Waals surface area contributed by atoms with Crippen molar-refractivity contribution in [2.75, 3.05) is 13.7 Å². The van der Waals surface area contributed by atoms with Crippen LogP contribution in [0.5, 0.6) is 0 Å². The predicted molar refractivity (Wildman–Crippen MR) is 105 cm³/mol. The minimum atomic E-state index is -0.232. The van der Waals surface area contributed by atoms with Gasteiger partial charge in [-0.3, -0.25) is 0 Å². The maximum Gasteiger partial charge on any atom is 0.335 e. The van der Waals surface area contributed by atoms with Gasteiger partial charge in [0, 0.05) is 35.3 Å². The van der Waals surface area contributed by atoms with E-state index in [1.54, 1.807) is 0 Å². The van der Waals surface area contributed by atoms with Gasteiger partial charge in [0.25, 0.3) is 0 Å². The molecule has 0 saturated heterocycles. The van der Waals surface area contributed by atoms with Gasteiger partial charge in [0.15, 0.2) is 0 Å². The second-order valence-electron chi connectivity index (χ2n) is 7.34. The van der Waals surface area contributed by atoms with Crippen LogP contribution in [0.15, 0.2) is 66.4 Å². The Morgan fingerprint density at radius 1 is 1.11 bits per heavy atom. The largest absolute Gasteiger partial charge is 0.466 e. The average molecular weight is 358 g/mol. The number of hydrogen-bond acceptors (Lipinski definition) is 3. The predicted octanol–water partition coefficient (Wildman–Crippen LogP) is 4.31. The molecule has 0 spiro atoms. The Bertz CT molecular complexity index is 1030. The van der Waals surface area contributed by atoms with Gasteiger partial charge in [0.1, 0.15) is 0 Å². The quantitative estimate of drug-likeness (QED) is 0.694. The second kappa shape index (κ2) is 6.31. The Morgan fingerprint density at radius 3 is 2.70 bits per heavy atom. The number of nitrogens with zero attached hydrogens (tertiary/aromatic N) is 1. The molecule has 1 N–H and O–H groups in total. The van der Waals surface area contributed by atoms with E-state index in [0.29, 0.717) is 0 Å². The lowest BCUT2D eigenvalue weighted by atomic mass is 9.80. The van der Waals surface area contributed by atoms with Crippen molar-refractivity contribution < 1.29 is 9.53 Å². The number of esters is 1. The first-order chi connectivity index (χ1) is 13.3. The summed E-state index contributed by atoms with van der Waals surface area (Å²) in [6.07, 6.45) is 3.88. The fourth-order valence-corrected chi connectivity index (χ4v) is 4.68. The molecule has 0 amide bonds. The third-order valence-corrected chi connectivity index (χ3v) is 5.96. The van der Waals surface area contributed by atoms with E-state index in [2.05, 4.69) is 46.3 Å². The second-order valence-corrected chi connectivity index (χ2v) is 7.34. The minimum absolute atomic E-state index is 0.0391. The normalized spacial score (nSPS) is 21.4. The molecule has 0 aliphatic carbocycles. The van der Waals surface area contributed by atoms with Crippen LogP contribution >= 0.6 is 0 Å². The van der Waals surface area contributed by atoms with Gasteiger partial charge in [0.05, 0.1) is 18.7 Å². The summed E-state index contributed by atoms with van der Waals surface area (Å²) in [6, 6.07) is 19.1. The first-order valence-electron chi connectivity index (χ1n) is 9.46. The van der Waals surface area contributed by atoms with Crippen LogP contribution in [-0.2, 0) is 16.0 Å². The van der Waals surface area contributed by atoms with Crippen molar-refractivity contribution in [3.8, 4) is 0 Å². The van der Waals surface area contributed by atoms with Gasteiger partial charge in [0.2, 0.25) is 0 Å². The van der Waals surface area contributed by atoms with Gasteiger partial charge < -0.3 is 14.6 Å². The molecule has 27 heavy (non-hydrogen) atoms. The van der Waals surface area contributed by atoms with E-state index in [9.17, 15) is 4.79 Å². The number of nitrogens with one attached hydrogen (secondary N) is 1. The van der Waals surface area contributed by atoms with Gasteiger partial charge in [-0.25, -0.2) is 4.79 Å². The molecule has 0 unspecified atom stereocenters. The molecule has 0 fully saturated rings. The summed E-state index contributed by atoms with van der Waals surface area (Å²) < 4.78 is 5.10. The van der Waals surface area contributed by atoms with E-state index in [1.807, 2.05) is 24.4 Å². The number of H-pyrrole nitrogens is 1. The number of carbonyl (C=O) groups excluding carboxylic acids is 1. The van der Waals surface area contributed by atoms with Crippen molar-refractivity contribution in [2.45, 2.75) is 24.8 Å². The van der Waals surface area contributed by atoms with Gasteiger partial charge in [-0.15, -0.1) is 0 Å². The van der Waals surface area contributed by atoms with E-state index >= 15 is 0 Å². The zero-order chi connectivity index (χ0) is 18.4. The molecule has 4 heteroatoms. The highest BCUT2D eigenvalue weighted by Gasteiger charge is 2.38. The number of rotatable bonds is 2. The van der Waals surface area contributed by atoms with E-state index in [4.69, 9.17) is 4.74 Å². The van der Waals surface area contributed by atoms with Crippen LogP contribution in [0.4, 0.5) is 0 Å². The molecule has 0 bridgehead atoms. The number of benzene rings is 2. The summed E-state index contributed by atoms with van der Waals surface area (Å²) in [7, 11) is 1.46. The summed E-state index contributed by atoms with van der Waals surface area (Å²) in [4.78, 5) is 18.5. The molecule has 2 aromatic carbocycles. The van der Waals surface area contributed by atoms with Crippen LogP contribution < -0.4 is 0 Å². The standard InChI is InChI=1S/C23H22N2O2/c1-27-23(26)19-14-25-12-11-17-16-9-5-6-10-20(16)24-22(17)21(25)13-18(19)15-7-3-2-4-8-15/h2-10,14,18,21,24H,11-13H2,1H3/t18-,21-/m1/s1. The third-order valence-electron chi connectivity index (χ3n) is 5.96. The van der Waals surface area contributed by atoms with Crippen molar-refractivity contribution in [1.29, 1.82) is 0 Å². The highest BCUT2D eigenvalue weighted by Crippen LogP contribution is 2.45. The van der Waals surface area contributed by atoms with Crippen molar-refractivity contribution >= 4 is 16.9 Å². The summed E-state index contributed by atoms with van der Waals surface area (Å²) >= 11 is 0. The first-order valence-corrected chi connectivity index (χ1v) is 9.46. The smallest absolute Gasteiger partial charge is 0.335 e. The Labute approximate surface area is 158 Å². The molecular weight excluding hydrogens is 336 g/mol. The van der Waals surface area contributed by atoms with Crippen LogP contribution in [0, 0.1) is 0 Å². The lowest BCUT2D eigenvalue weighted by molar-refractivity contribution is -0.136. The van der Waals surface area contributed by atoms with E-state index < -0.39 is 0 Å². The van der Waals surface area contributed by atoms with Crippen molar-refractivity contribution in [3.05, 3.63) is 83.2 Å². The highest BCUT2D eigenvalue weighted by molar-refractivity contribution is 5.90. The Balaban J connectivity index is 1.62. The average Bonchev–Trinajstić information content (AvgIpc) is 3.12. The number of aromatic amines is 1.